The first-order chi connectivity index (χ1) is 15.3. The Balaban J connectivity index is 1.76. The molecule has 0 radical (unpaired) electrons. The Kier molecular flexibility index (Phi) is 6.46. The van der Waals surface area contributed by atoms with Gasteiger partial charge in [0.2, 0.25) is 0 Å². The number of amides is 4. The van der Waals surface area contributed by atoms with Crippen molar-refractivity contribution in [1.82, 2.24) is 5.32 Å². The number of nitrogens with zero attached hydrogens (tertiary/aromatic N) is 1. The highest BCUT2D eigenvalue weighted by molar-refractivity contribution is 9.10. The largest absolute Gasteiger partial charge is 0.335 e. The second-order valence-corrected chi connectivity index (χ2v) is 8.78. The van der Waals surface area contributed by atoms with Crippen LogP contribution in [0, 0.1) is 0 Å². The summed E-state index contributed by atoms with van der Waals surface area (Å²) in [6, 6.07) is 18.5. The molecule has 0 saturated carbocycles. The molecule has 1 heterocycles. The number of imide groups is 2. The molecule has 8 heteroatoms. The van der Waals surface area contributed by atoms with Crippen molar-refractivity contribution in [2.45, 2.75) is 6.42 Å². The maximum Gasteiger partial charge on any atom is 0.335 e. The van der Waals surface area contributed by atoms with Crippen molar-refractivity contribution in [3.8, 4) is 0 Å². The van der Waals surface area contributed by atoms with Gasteiger partial charge in [-0.05, 0) is 65.6 Å². The first-order valence-corrected chi connectivity index (χ1v) is 11.1. The highest BCUT2D eigenvalue weighted by atomic mass is 79.9. The van der Waals surface area contributed by atoms with Crippen LogP contribution in [0.15, 0.2) is 76.8 Å². The number of barbiturate groups is 1. The number of hydrogen-bond acceptors (Lipinski definition) is 3. The second-order valence-electron chi connectivity index (χ2n) is 7.05. The molecule has 5 nitrogen and oxygen atoms in total. The van der Waals surface area contributed by atoms with Crippen LogP contribution in [-0.4, -0.2) is 17.8 Å². The molecule has 1 N–H and O–H groups in total. The molecule has 1 fully saturated rings. The number of halogens is 3. The molecule has 0 aliphatic carbocycles. The zero-order chi connectivity index (χ0) is 22.8. The Morgan fingerprint density at radius 1 is 0.875 bits per heavy atom. The number of benzene rings is 3. The summed E-state index contributed by atoms with van der Waals surface area (Å²) in [7, 11) is 0. The fourth-order valence-corrected chi connectivity index (χ4v) is 4.16. The van der Waals surface area contributed by atoms with E-state index in [0.717, 1.165) is 20.5 Å². The van der Waals surface area contributed by atoms with Gasteiger partial charge in [-0.1, -0.05) is 69.5 Å². The lowest BCUT2D eigenvalue weighted by atomic mass is 9.97. The average molecular weight is 530 g/mol. The summed E-state index contributed by atoms with van der Waals surface area (Å²) in [4.78, 5) is 39.0. The van der Waals surface area contributed by atoms with Gasteiger partial charge in [-0.2, -0.15) is 0 Å². The fourth-order valence-electron chi connectivity index (χ4n) is 3.37. The van der Waals surface area contributed by atoms with E-state index in [1.807, 2.05) is 30.3 Å². The second kappa shape index (κ2) is 9.28. The number of anilines is 1. The molecule has 32 heavy (non-hydrogen) atoms. The summed E-state index contributed by atoms with van der Waals surface area (Å²) >= 11 is 15.8. The zero-order valence-corrected chi connectivity index (χ0v) is 19.5. The van der Waals surface area contributed by atoms with Crippen molar-refractivity contribution in [3.63, 3.8) is 0 Å². The minimum atomic E-state index is -0.834. The molecule has 1 aliphatic heterocycles. The van der Waals surface area contributed by atoms with Gasteiger partial charge in [0.25, 0.3) is 11.8 Å². The molecule has 4 amide bonds. The van der Waals surface area contributed by atoms with E-state index in [1.165, 1.54) is 12.1 Å². The van der Waals surface area contributed by atoms with Crippen LogP contribution in [0.2, 0.25) is 10.0 Å². The third-order valence-electron chi connectivity index (χ3n) is 4.91. The molecule has 3 aromatic rings. The summed E-state index contributed by atoms with van der Waals surface area (Å²) in [5.74, 6) is -1.52. The molecule has 3 aromatic carbocycles. The van der Waals surface area contributed by atoms with Crippen molar-refractivity contribution in [2.24, 2.45) is 0 Å². The Labute approximate surface area is 202 Å². The van der Waals surface area contributed by atoms with Gasteiger partial charge in [0.1, 0.15) is 5.57 Å². The first-order valence-electron chi connectivity index (χ1n) is 9.52. The monoisotopic (exact) mass is 528 g/mol. The third-order valence-corrected chi connectivity index (χ3v) is 6.16. The predicted molar refractivity (Wildman–Crippen MR) is 129 cm³/mol. The van der Waals surface area contributed by atoms with Crippen LogP contribution in [0.3, 0.4) is 0 Å². The van der Waals surface area contributed by atoms with Crippen LogP contribution in [0.5, 0.6) is 0 Å². The Morgan fingerprint density at radius 3 is 2.38 bits per heavy atom. The standard InChI is InChI=1S/C24H15BrCl2N2O3/c25-21-7-2-1-4-15(21)10-14-8-9-18(27)11-16(14)12-20-22(30)28-24(32)29(23(20)31)19-6-3-5-17(26)13-19/h1-9,11-13H,10H2,(H,28,30,32)/b20-12+. The molecule has 0 bridgehead atoms. The summed E-state index contributed by atoms with van der Waals surface area (Å²) in [5, 5.41) is 3.03. The molecular weight excluding hydrogens is 515 g/mol. The minimum Gasteiger partial charge on any atom is -0.273 e. The smallest absolute Gasteiger partial charge is 0.273 e. The molecule has 0 spiro atoms. The molecular formula is C24H15BrCl2N2O3. The summed E-state index contributed by atoms with van der Waals surface area (Å²) in [6.45, 7) is 0. The van der Waals surface area contributed by atoms with Crippen molar-refractivity contribution in [3.05, 3.63) is 104 Å². The van der Waals surface area contributed by atoms with E-state index in [-0.39, 0.29) is 11.3 Å². The average Bonchev–Trinajstić information content (AvgIpc) is 2.74. The van der Waals surface area contributed by atoms with Gasteiger partial charge in [0, 0.05) is 14.5 Å². The van der Waals surface area contributed by atoms with E-state index in [4.69, 9.17) is 23.2 Å². The van der Waals surface area contributed by atoms with Gasteiger partial charge in [0.05, 0.1) is 5.69 Å². The van der Waals surface area contributed by atoms with Crippen LogP contribution in [0.25, 0.3) is 6.08 Å². The topological polar surface area (TPSA) is 66.5 Å². The third kappa shape index (κ3) is 4.63. The summed E-state index contributed by atoms with van der Waals surface area (Å²) < 4.78 is 0.942. The molecule has 1 aliphatic rings. The van der Waals surface area contributed by atoms with Crippen LogP contribution in [0.4, 0.5) is 10.5 Å². The van der Waals surface area contributed by atoms with Gasteiger partial charge in [0.15, 0.2) is 0 Å². The normalized spacial score (nSPS) is 15.3. The number of carbonyl (C=O) groups excluding carboxylic acids is 3. The van der Waals surface area contributed by atoms with Gasteiger partial charge in [-0.25, -0.2) is 9.69 Å². The van der Waals surface area contributed by atoms with E-state index in [2.05, 4.69) is 21.2 Å². The summed E-state index contributed by atoms with van der Waals surface area (Å²) in [5.41, 5.74) is 2.58. The van der Waals surface area contributed by atoms with Crippen molar-refractivity contribution in [1.29, 1.82) is 0 Å². The van der Waals surface area contributed by atoms with Gasteiger partial charge in [-0.15, -0.1) is 0 Å². The first kappa shape index (κ1) is 22.3. The number of nitrogens with one attached hydrogen (secondary N) is 1. The van der Waals surface area contributed by atoms with Crippen molar-refractivity contribution < 1.29 is 14.4 Å². The lowest BCUT2D eigenvalue weighted by Crippen LogP contribution is -2.54. The fraction of sp³-hybridized carbons (Fsp3) is 0.0417. The predicted octanol–water partition coefficient (Wildman–Crippen LogP) is 6.01. The molecule has 4 rings (SSSR count). The van der Waals surface area contributed by atoms with Crippen molar-refractivity contribution in [2.75, 3.05) is 4.90 Å². The van der Waals surface area contributed by atoms with Gasteiger partial charge in [-0.3, -0.25) is 14.9 Å². The Bertz CT molecular complexity index is 1290. The number of hydrogen-bond donors (Lipinski definition) is 1. The van der Waals surface area contributed by atoms with Crippen LogP contribution in [0.1, 0.15) is 16.7 Å². The SMILES string of the molecule is O=C1NC(=O)N(c2cccc(Cl)c2)C(=O)/C1=C/c1cc(Cl)ccc1Cc1ccccc1Br. The molecule has 1 saturated heterocycles. The maximum absolute atomic E-state index is 13.2. The Hall–Kier alpha value is -2.93. The summed E-state index contributed by atoms with van der Waals surface area (Å²) in [6.07, 6.45) is 2.00. The van der Waals surface area contributed by atoms with Crippen molar-refractivity contribution >= 4 is 68.7 Å². The molecule has 0 atom stereocenters. The number of urea groups is 1. The van der Waals surface area contributed by atoms with E-state index in [9.17, 15) is 14.4 Å². The minimum absolute atomic E-state index is 0.180. The molecule has 0 aromatic heterocycles. The van der Waals surface area contributed by atoms with Crippen LogP contribution in [-0.2, 0) is 16.0 Å². The van der Waals surface area contributed by atoms with Gasteiger partial charge < -0.3 is 0 Å². The molecule has 160 valence electrons. The van der Waals surface area contributed by atoms with Crippen LogP contribution < -0.4 is 10.2 Å². The highest BCUT2D eigenvalue weighted by Gasteiger charge is 2.37. The number of carbonyl (C=O) groups is 3. The van der Waals surface area contributed by atoms with E-state index >= 15 is 0 Å². The van der Waals surface area contributed by atoms with E-state index < -0.39 is 17.8 Å². The highest BCUT2D eigenvalue weighted by Crippen LogP contribution is 2.28. The van der Waals surface area contributed by atoms with Crippen LogP contribution >= 0.6 is 39.1 Å². The lowest BCUT2D eigenvalue weighted by Gasteiger charge is -2.26. The zero-order valence-electron chi connectivity index (χ0n) is 16.4. The van der Waals surface area contributed by atoms with Gasteiger partial charge >= 0.3 is 6.03 Å². The van der Waals surface area contributed by atoms with E-state index in [0.29, 0.717) is 22.0 Å². The maximum atomic E-state index is 13.2. The molecule has 0 unspecified atom stereocenters. The number of rotatable bonds is 4. The Morgan fingerprint density at radius 2 is 1.62 bits per heavy atom. The van der Waals surface area contributed by atoms with E-state index in [1.54, 1.807) is 30.3 Å². The lowest BCUT2D eigenvalue weighted by molar-refractivity contribution is -0.122. The quantitative estimate of drug-likeness (QED) is 0.332.